The lowest BCUT2D eigenvalue weighted by atomic mass is 10.3. The zero-order chi connectivity index (χ0) is 11.7. The number of rotatable bonds is 2. The second kappa shape index (κ2) is 3.73. The van der Waals surface area contributed by atoms with Crippen molar-refractivity contribution in [1.29, 1.82) is 0 Å². The van der Waals surface area contributed by atoms with Crippen molar-refractivity contribution in [2.75, 3.05) is 0 Å². The van der Waals surface area contributed by atoms with Gasteiger partial charge in [-0.15, -0.1) is 0 Å². The molecule has 0 unspecified atom stereocenters. The molecular weight excluding hydrogens is 218 g/mol. The van der Waals surface area contributed by atoms with E-state index < -0.39 is 17.6 Å². The molecular formula is C10H6F2N2O2. The number of hydrogen-bond acceptors (Lipinski definition) is 2. The van der Waals surface area contributed by atoms with Gasteiger partial charge in [0.05, 0.1) is 5.69 Å². The maximum absolute atomic E-state index is 12.9. The summed E-state index contributed by atoms with van der Waals surface area (Å²) in [5.74, 6) is -2.67. The number of aromatic carboxylic acids is 1. The molecule has 0 fully saturated rings. The normalized spacial score (nSPS) is 10.4. The minimum absolute atomic E-state index is 0.178. The Hall–Kier alpha value is -2.24. The van der Waals surface area contributed by atoms with E-state index in [4.69, 9.17) is 5.11 Å². The Morgan fingerprint density at radius 3 is 2.38 bits per heavy atom. The van der Waals surface area contributed by atoms with Crippen molar-refractivity contribution in [3.8, 4) is 5.69 Å². The third-order valence-electron chi connectivity index (χ3n) is 1.95. The average Bonchev–Trinajstić information content (AvgIpc) is 2.64. The maximum Gasteiger partial charge on any atom is 0.356 e. The van der Waals surface area contributed by atoms with E-state index in [2.05, 4.69) is 4.98 Å². The molecule has 0 bridgehead atoms. The third-order valence-corrected chi connectivity index (χ3v) is 1.95. The second-order valence-electron chi connectivity index (χ2n) is 3.10. The number of halogens is 2. The highest BCUT2D eigenvalue weighted by molar-refractivity contribution is 5.85. The van der Waals surface area contributed by atoms with Crippen molar-refractivity contribution in [1.82, 2.24) is 9.55 Å². The molecule has 0 aliphatic heterocycles. The van der Waals surface area contributed by atoms with E-state index in [0.717, 1.165) is 18.2 Å². The summed E-state index contributed by atoms with van der Waals surface area (Å²) in [4.78, 5) is 14.1. The van der Waals surface area contributed by atoms with Crippen LogP contribution in [-0.4, -0.2) is 20.6 Å². The van der Waals surface area contributed by atoms with Crippen molar-refractivity contribution in [2.45, 2.75) is 0 Å². The molecule has 0 amide bonds. The van der Waals surface area contributed by atoms with E-state index in [1.165, 1.54) is 17.1 Å². The quantitative estimate of drug-likeness (QED) is 0.846. The molecule has 0 radical (unpaired) electrons. The molecule has 6 heteroatoms. The van der Waals surface area contributed by atoms with Crippen LogP contribution in [0.15, 0.2) is 30.7 Å². The molecule has 4 nitrogen and oxygen atoms in total. The summed E-state index contributed by atoms with van der Waals surface area (Å²) in [6, 6.07) is 2.89. The summed E-state index contributed by atoms with van der Waals surface area (Å²) in [6.45, 7) is 0. The molecule has 1 aromatic carbocycles. The fraction of sp³-hybridized carbons (Fsp3) is 0. The Morgan fingerprint density at radius 2 is 1.88 bits per heavy atom. The number of carbonyl (C=O) groups is 1. The Kier molecular flexibility index (Phi) is 2.40. The molecule has 0 saturated carbocycles. The number of nitrogens with zero attached hydrogens (tertiary/aromatic N) is 2. The Labute approximate surface area is 88.8 Å². The molecule has 1 heterocycles. The predicted octanol–water partition coefficient (Wildman–Crippen LogP) is 1.85. The van der Waals surface area contributed by atoms with Crippen molar-refractivity contribution < 1.29 is 18.7 Å². The first kappa shape index (κ1) is 10.3. The fourth-order valence-electron chi connectivity index (χ4n) is 1.26. The summed E-state index contributed by atoms with van der Waals surface area (Å²) in [5.41, 5.74) is -0.0119. The largest absolute Gasteiger partial charge is 0.476 e. The van der Waals surface area contributed by atoms with Crippen molar-refractivity contribution >= 4 is 5.97 Å². The van der Waals surface area contributed by atoms with Gasteiger partial charge >= 0.3 is 5.97 Å². The van der Waals surface area contributed by atoms with Gasteiger partial charge in [-0.1, -0.05) is 0 Å². The van der Waals surface area contributed by atoms with Crippen LogP contribution in [0.2, 0.25) is 0 Å². The zero-order valence-corrected chi connectivity index (χ0v) is 7.89. The number of imidazole rings is 1. The van der Waals surface area contributed by atoms with E-state index in [1.54, 1.807) is 0 Å². The molecule has 0 spiro atoms. The Bertz CT molecular complexity index is 531. The van der Waals surface area contributed by atoms with E-state index in [-0.39, 0.29) is 11.4 Å². The Balaban J connectivity index is 2.46. The SMILES string of the molecule is O=C(O)c1cn(-c2cc(F)cc(F)c2)cn1. The first-order valence-corrected chi connectivity index (χ1v) is 4.30. The van der Waals surface area contributed by atoms with Crippen LogP contribution >= 0.6 is 0 Å². The molecule has 0 aliphatic carbocycles. The molecule has 82 valence electrons. The first-order valence-electron chi connectivity index (χ1n) is 4.30. The van der Waals surface area contributed by atoms with Crippen LogP contribution in [0.5, 0.6) is 0 Å². The van der Waals surface area contributed by atoms with E-state index in [9.17, 15) is 13.6 Å². The Morgan fingerprint density at radius 1 is 1.25 bits per heavy atom. The summed E-state index contributed by atoms with van der Waals surface area (Å²) >= 11 is 0. The number of aromatic nitrogens is 2. The molecule has 16 heavy (non-hydrogen) atoms. The number of hydrogen-bond donors (Lipinski definition) is 1. The van der Waals surface area contributed by atoms with Crippen LogP contribution in [0.25, 0.3) is 5.69 Å². The van der Waals surface area contributed by atoms with Gasteiger partial charge in [0.1, 0.15) is 18.0 Å². The lowest BCUT2D eigenvalue weighted by Crippen LogP contribution is -1.96. The number of benzene rings is 1. The minimum Gasteiger partial charge on any atom is -0.476 e. The van der Waals surface area contributed by atoms with Crippen LogP contribution < -0.4 is 0 Å². The molecule has 2 rings (SSSR count). The zero-order valence-electron chi connectivity index (χ0n) is 7.89. The number of carboxylic acids is 1. The standard InChI is InChI=1S/C10H6F2N2O2/c11-6-1-7(12)3-8(2-6)14-4-9(10(15)16)13-5-14/h1-5H,(H,15,16). The molecule has 1 aromatic heterocycles. The average molecular weight is 224 g/mol. The highest BCUT2D eigenvalue weighted by Gasteiger charge is 2.08. The van der Waals surface area contributed by atoms with Gasteiger partial charge in [-0.05, 0) is 12.1 Å². The van der Waals surface area contributed by atoms with Gasteiger partial charge in [0.25, 0.3) is 0 Å². The fourth-order valence-corrected chi connectivity index (χ4v) is 1.26. The topological polar surface area (TPSA) is 55.1 Å². The molecule has 0 saturated heterocycles. The van der Waals surface area contributed by atoms with E-state index in [0.29, 0.717) is 0 Å². The molecule has 0 aliphatic rings. The molecule has 0 atom stereocenters. The molecule has 2 aromatic rings. The van der Waals surface area contributed by atoms with Gasteiger partial charge < -0.3 is 9.67 Å². The predicted molar refractivity (Wildman–Crippen MR) is 50.4 cm³/mol. The highest BCUT2D eigenvalue weighted by Crippen LogP contribution is 2.13. The van der Waals surface area contributed by atoms with Crippen LogP contribution in [0, 0.1) is 11.6 Å². The van der Waals surface area contributed by atoms with E-state index in [1.807, 2.05) is 0 Å². The van der Waals surface area contributed by atoms with Crippen molar-refractivity contribution in [3.63, 3.8) is 0 Å². The van der Waals surface area contributed by atoms with Gasteiger partial charge in [0, 0.05) is 12.3 Å². The van der Waals surface area contributed by atoms with Crippen molar-refractivity contribution in [2.24, 2.45) is 0 Å². The van der Waals surface area contributed by atoms with Gasteiger partial charge in [-0.25, -0.2) is 18.6 Å². The number of carboxylic acid groups (broad SMARTS) is 1. The van der Waals surface area contributed by atoms with E-state index >= 15 is 0 Å². The summed E-state index contributed by atoms with van der Waals surface area (Å²) < 4.78 is 27.0. The summed E-state index contributed by atoms with van der Waals surface area (Å²) in [5, 5.41) is 8.63. The van der Waals surface area contributed by atoms with Gasteiger partial charge in [-0.3, -0.25) is 0 Å². The lowest BCUT2D eigenvalue weighted by Gasteiger charge is -2.01. The lowest BCUT2D eigenvalue weighted by molar-refractivity contribution is 0.0691. The maximum atomic E-state index is 12.9. The van der Waals surface area contributed by atoms with Crippen LogP contribution in [-0.2, 0) is 0 Å². The monoisotopic (exact) mass is 224 g/mol. The minimum atomic E-state index is -1.20. The van der Waals surface area contributed by atoms with Gasteiger partial charge in [0.15, 0.2) is 5.69 Å². The summed E-state index contributed by atoms with van der Waals surface area (Å²) in [6.07, 6.45) is 2.36. The smallest absolute Gasteiger partial charge is 0.356 e. The summed E-state index contributed by atoms with van der Waals surface area (Å²) in [7, 11) is 0. The van der Waals surface area contributed by atoms with Crippen LogP contribution in [0.4, 0.5) is 8.78 Å². The molecule has 1 N–H and O–H groups in total. The first-order chi connectivity index (χ1) is 7.56. The van der Waals surface area contributed by atoms with Crippen LogP contribution in [0.3, 0.4) is 0 Å². The van der Waals surface area contributed by atoms with Gasteiger partial charge in [-0.2, -0.15) is 0 Å². The van der Waals surface area contributed by atoms with Gasteiger partial charge in [0.2, 0.25) is 0 Å². The van der Waals surface area contributed by atoms with Crippen LogP contribution in [0.1, 0.15) is 10.5 Å². The highest BCUT2D eigenvalue weighted by atomic mass is 19.1. The second-order valence-corrected chi connectivity index (χ2v) is 3.10. The van der Waals surface area contributed by atoms with Crippen molar-refractivity contribution in [3.05, 3.63) is 48.1 Å². The third kappa shape index (κ3) is 1.90.